The van der Waals surface area contributed by atoms with Gasteiger partial charge in [0, 0.05) is 12.1 Å². The lowest BCUT2D eigenvalue weighted by atomic mass is 10.1. The Morgan fingerprint density at radius 1 is 1.19 bits per heavy atom. The summed E-state index contributed by atoms with van der Waals surface area (Å²) in [5.74, 6) is -1.17. The monoisotopic (exact) mass is 380 g/mol. The molecule has 0 amide bonds. The van der Waals surface area contributed by atoms with Crippen molar-refractivity contribution in [1.82, 2.24) is 9.97 Å². The van der Waals surface area contributed by atoms with E-state index in [2.05, 4.69) is 15.1 Å². The van der Waals surface area contributed by atoms with Gasteiger partial charge in [0.25, 0.3) is 5.72 Å². The minimum absolute atomic E-state index is 0.0516. The molecule has 0 aromatic carbocycles. The summed E-state index contributed by atoms with van der Waals surface area (Å²) < 4.78 is 84.2. The summed E-state index contributed by atoms with van der Waals surface area (Å²) >= 11 is 0. The number of nitrogens with zero attached hydrogens (tertiary/aromatic N) is 4. The van der Waals surface area contributed by atoms with E-state index in [1.54, 1.807) is 0 Å². The van der Waals surface area contributed by atoms with Crippen molar-refractivity contribution in [3.8, 4) is 11.5 Å². The molecule has 3 heterocycles. The van der Waals surface area contributed by atoms with Gasteiger partial charge < -0.3 is 9.52 Å². The van der Waals surface area contributed by atoms with E-state index in [9.17, 15) is 31.4 Å². The number of hydrogen-bond donors (Lipinski definition) is 1. The van der Waals surface area contributed by atoms with E-state index >= 15 is 0 Å². The van der Waals surface area contributed by atoms with Crippen molar-refractivity contribution in [1.29, 1.82) is 0 Å². The van der Waals surface area contributed by atoms with Crippen LogP contribution >= 0.6 is 0 Å². The number of aromatic nitrogens is 2. The van der Waals surface area contributed by atoms with Crippen LogP contribution in [0.2, 0.25) is 0 Å². The minimum Gasteiger partial charge on any atom is -0.463 e. The van der Waals surface area contributed by atoms with Crippen molar-refractivity contribution >= 4 is 11.7 Å². The van der Waals surface area contributed by atoms with Gasteiger partial charge in [0.05, 0.1) is 6.26 Å². The zero-order valence-corrected chi connectivity index (χ0v) is 12.9. The van der Waals surface area contributed by atoms with Crippen molar-refractivity contribution in [2.45, 2.75) is 31.4 Å². The van der Waals surface area contributed by atoms with Crippen molar-refractivity contribution in [2.24, 2.45) is 5.10 Å². The van der Waals surface area contributed by atoms with Gasteiger partial charge in [-0.15, -0.1) is 0 Å². The summed E-state index contributed by atoms with van der Waals surface area (Å²) in [7, 11) is 0. The molecule has 0 bridgehead atoms. The first-order valence-electron chi connectivity index (χ1n) is 7.05. The zero-order chi connectivity index (χ0) is 19.3. The molecule has 1 N–H and O–H groups in total. The zero-order valence-electron chi connectivity index (χ0n) is 12.9. The fraction of sp³-hybridized carbons (Fsp3) is 0.357. The number of anilines is 1. The molecule has 2 aromatic rings. The first-order chi connectivity index (χ1) is 11.9. The number of rotatable bonds is 2. The lowest BCUT2D eigenvalue weighted by Crippen LogP contribution is -2.55. The molecule has 0 saturated heterocycles. The Balaban J connectivity index is 2.19. The van der Waals surface area contributed by atoms with E-state index in [1.807, 2.05) is 0 Å². The van der Waals surface area contributed by atoms with Gasteiger partial charge in [-0.05, 0) is 25.1 Å². The molecule has 1 aliphatic heterocycles. The van der Waals surface area contributed by atoms with Crippen LogP contribution in [0.4, 0.5) is 32.3 Å². The van der Waals surface area contributed by atoms with Crippen LogP contribution in [-0.4, -0.2) is 32.7 Å². The summed E-state index contributed by atoms with van der Waals surface area (Å²) in [4.78, 5) is 6.79. The van der Waals surface area contributed by atoms with Crippen molar-refractivity contribution < 1.29 is 35.9 Å². The summed E-state index contributed by atoms with van der Waals surface area (Å²) in [6.07, 6.45) is -9.97. The van der Waals surface area contributed by atoms with E-state index in [0.717, 1.165) is 6.26 Å². The average Bonchev–Trinajstić information content (AvgIpc) is 3.13. The van der Waals surface area contributed by atoms with Gasteiger partial charge in [0.1, 0.15) is 5.69 Å². The third-order valence-corrected chi connectivity index (χ3v) is 3.55. The predicted molar refractivity (Wildman–Crippen MR) is 75.9 cm³/mol. The molecule has 0 radical (unpaired) electrons. The van der Waals surface area contributed by atoms with Gasteiger partial charge in [0.2, 0.25) is 5.95 Å². The Hall–Kier alpha value is -2.63. The Morgan fingerprint density at radius 3 is 2.42 bits per heavy atom. The highest BCUT2D eigenvalue weighted by atomic mass is 19.4. The molecule has 12 heteroatoms. The van der Waals surface area contributed by atoms with Crippen LogP contribution in [0.5, 0.6) is 0 Å². The summed E-state index contributed by atoms with van der Waals surface area (Å²) in [6, 6.07) is 3.18. The van der Waals surface area contributed by atoms with Crippen LogP contribution in [0.1, 0.15) is 19.0 Å². The van der Waals surface area contributed by atoms with Gasteiger partial charge in [-0.1, -0.05) is 0 Å². The maximum Gasteiger partial charge on any atom is 0.438 e. The third kappa shape index (κ3) is 3.00. The van der Waals surface area contributed by atoms with E-state index in [-0.39, 0.29) is 16.5 Å². The highest BCUT2D eigenvalue weighted by Crippen LogP contribution is 2.42. The van der Waals surface area contributed by atoms with E-state index < -0.39 is 41.8 Å². The molecular weight excluding hydrogens is 370 g/mol. The topological polar surface area (TPSA) is 74.8 Å². The summed E-state index contributed by atoms with van der Waals surface area (Å²) in [5, 5.41) is 13.5. The summed E-state index contributed by atoms with van der Waals surface area (Å²) in [6.45, 7) is 1.19. The predicted octanol–water partition coefficient (Wildman–Crippen LogP) is 3.59. The standard InChI is InChI=1S/C14H10F6N4O2/c1-7-6-12(25,14(18,19)20)24(23-7)11-21-8(9-3-2-4-26-9)5-10(22-11)13(15,16)17/h2-5,25H,6H2,1H3/t12-/m1/s1. The molecule has 3 rings (SSSR count). The number of halogens is 6. The highest BCUT2D eigenvalue weighted by Gasteiger charge is 2.62. The molecule has 0 unspecified atom stereocenters. The molecule has 2 aromatic heterocycles. The molecule has 0 fully saturated rings. The Morgan fingerprint density at radius 2 is 1.88 bits per heavy atom. The van der Waals surface area contributed by atoms with Gasteiger partial charge in [-0.2, -0.15) is 36.5 Å². The molecule has 0 aliphatic carbocycles. The van der Waals surface area contributed by atoms with Crippen molar-refractivity contribution in [3.05, 3.63) is 30.2 Å². The minimum atomic E-state index is -5.21. The molecule has 140 valence electrons. The van der Waals surface area contributed by atoms with Crippen LogP contribution < -0.4 is 5.01 Å². The second kappa shape index (κ2) is 5.69. The van der Waals surface area contributed by atoms with E-state index in [1.165, 1.54) is 19.1 Å². The molecule has 1 aliphatic rings. The first-order valence-corrected chi connectivity index (χ1v) is 7.05. The lowest BCUT2D eigenvalue weighted by molar-refractivity contribution is -0.254. The second-order valence-electron chi connectivity index (χ2n) is 5.55. The number of hydrazone groups is 1. The number of aliphatic hydroxyl groups is 1. The van der Waals surface area contributed by atoms with Crippen LogP contribution in [0.25, 0.3) is 11.5 Å². The van der Waals surface area contributed by atoms with Gasteiger partial charge in [0.15, 0.2) is 11.5 Å². The van der Waals surface area contributed by atoms with Crippen molar-refractivity contribution in [2.75, 3.05) is 5.01 Å². The Kier molecular flexibility index (Phi) is 3.98. The molecule has 0 saturated carbocycles. The third-order valence-electron chi connectivity index (χ3n) is 3.55. The number of hydrogen-bond acceptors (Lipinski definition) is 6. The molecular formula is C14H10F6N4O2. The van der Waals surface area contributed by atoms with Gasteiger partial charge in [-0.3, -0.25) is 0 Å². The van der Waals surface area contributed by atoms with Crippen LogP contribution in [0.3, 0.4) is 0 Å². The fourth-order valence-electron chi connectivity index (χ4n) is 2.38. The van der Waals surface area contributed by atoms with Crippen LogP contribution in [-0.2, 0) is 6.18 Å². The Bertz CT molecular complexity index is 846. The molecule has 0 spiro atoms. The maximum atomic E-state index is 13.3. The maximum absolute atomic E-state index is 13.3. The molecule has 6 nitrogen and oxygen atoms in total. The summed E-state index contributed by atoms with van der Waals surface area (Å²) in [5.41, 5.74) is -5.61. The average molecular weight is 380 g/mol. The van der Waals surface area contributed by atoms with Gasteiger partial charge in [-0.25, -0.2) is 9.97 Å². The quantitative estimate of drug-likeness (QED) is 0.806. The number of furan rings is 1. The van der Waals surface area contributed by atoms with Crippen LogP contribution in [0.15, 0.2) is 34.0 Å². The second-order valence-corrected chi connectivity index (χ2v) is 5.55. The molecule has 26 heavy (non-hydrogen) atoms. The lowest BCUT2D eigenvalue weighted by Gasteiger charge is -2.32. The normalized spacial score (nSPS) is 21.2. The van der Waals surface area contributed by atoms with Gasteiger partial charge >= 0.3 is 12.4 Å². The first kappa shape index (κ1) is 18.2. The van der Waals surface area contributed by atoms with E-state index in [4.69, 9.17) is 4.42 Å². The molecule has 1 atom stereocenters. The largest absolute Gasteiger partial charge is 0.463 e. The number of alkyl halides is 6. The SMILES string of the molecule is CC1=NN(c2nc(-c3ccco3)cc(C(F)(F)F)n2)[C@](O)(C(F)(F)F)C1. The smallest absolute Gasteiger partial charge is 0.438 e. The fourth-order valence-corrected chi connectivity index (χ4v) is 2.38. The highest BCUT2D eigenvalue weighted by molar-refractivity contribution is 5.87. The Labute approximate surface area is 141 Å². The van der Waals surface area contributed by atoms with Crippen molar-refractivity contribution in [3.63, 3.8) is 0 Å². The van der Waals surface area contributed by atoms with E-state index in [0.29, 0.717) is 6.07 Å². The van der Waals surface area contributed by atoms with Crippen LogP contribution in [0, 0.1) is 0 Å².